The van der Waals surface area contributed by atoms with Crippen LogP contribution in [-0.2, 0) is 13.0 Å². The number of fused-ring (bicyclic) bond motifs is 2. The van der Waals surface area contributed by atoms with Crippen molar-refractivity contribution in [2.24, 2.45) is 5.92 Å². The van der Waals surface area contributed by atoms with E-state index in [2.05, 4.69) is 38.4 Å². The molecule has 0 spiro atoms. The van der Waals surface area contributed by atoms with Gasteiger partial charge in [0, 0.05) is 31.5 Å². The summed E-state index contributed by atoms with van der Waals surface area (Å²) in [6, 6.07) is 11.7. The van der Waals surface area contributed by atoms with Gasteiger partial charge in [-0.15, -0.1) is 0 Å². The second-order valence-electron chi connectivity index (χ2n) is 9.03. The van der Waals surface area contributed by atoms with E-state index < -0.39 is 0 Å². The number of halogens is 2. The molecule has 174 valence electrons. The summed E-state index contributed by atoms with van der Waals surface area (Å²) in [5.41, 5.74) is 4.71. The van der Waals surface area contributed by atoms with Gasteiger partial charge in [0.05, 0.1) is 27.2 Å². The van der Waals surface area contributed by atoms with Gasteiger partial charge in [0.25, 0.3) is 5.91 Å². The lowest BCUT2D eigenvalue weighted by molar-refractivity contribution is 0.0985. The van der Waals surface area contributed by atoms with Crippen LogP contribution < -0.4 is 10.2 Å². The minimum absolute atomic E-state index is 0.208. The van der Waals surface area contributed by atoms with Crippen LogP contribution in [-0.4, -0.2) is 39.7 Å². The first-order valence-electron chi connectivity index (χ1n) is 11.4. The number of anilines is 3. The third kappa shape index (κ3) is 4.38. The summed E-state index contributed by atoms with van der Waals surface area (Å²) in [5.74, 6) is 1.57. The Kier molecular flexibility index (Phi) is 5.89. The smallest absolute Gasteiger partial charge is 0.263 e. The van der Waals surface area contributed by atoms with Crippen LogP contribution in [0.1, 0.15) is 34.3 Å². The summed E-state index contributed by atoms with van der Waals surface area (Å²) in [7, 11) is 0. The van der Waals surface area contributed by atoms with Gasteiger partial charge in [-0.25, -0.2) is 9.97 Å². The van der Waals surface area contributed by atoms with Crippen LogP contribution in [0.25, 0.3) is 0 Å². The molecule has 2 aromatic carbocycles. The number of para-hydroxylation sites is 1. The van der Waals surface area contributed by atoms with Crippen LogP contribution in [0.15, 0.2) is 47.6 Å². The number of rotatable bonds is 5. The van der Waals surface area contributed by atoms with Gasteiger partial charge in [0.2, 0.25) is 5.95 Å². The van der Waals surface area contributed by atoms with Crippen molar-refractivity contribution >= 4 is 58.2 Å². The Morgan fingerprint density at radius 1 is 1.12 bits per heavy atom. The Bertz CT molecular complexity index is 1260. The van der Waals surface area contributed by atoms with Crippen molar-refractivity contribution in [3.8, 4) is 0 Å². The van der Waals surface area contributed by atoms with Gasteiger partial charge in [-0.3, -0.25) is 14.6 Å². The second kappa shape index (κ2) is 9.04. The molecule has 0 saturated heterocycles. The molecule has 0 radical (unpaired) electrons. The fraction of sp³-hybridized carbons (Fsp3) is 0.320. The van der Waals surface area contributed by atoms with E-state index in [1.54, 1.807) is 29.3 Å². The zero-order chi connectivity index (χ0) is 23.2. The van der Waals surface area contributed by atoms with E-state index in [1.165, 1.54) is 42.3 Å². The van der Waals surface area contributed by atoms with Crippen molar-refractivity contribution in [1.82, 2.24) is 14.9 Å². The van der Waals surface area contributed by atoms with E-state index in [-0.39, 0.29) is 5.91 Å². The summed E-state index contributed by atoms with van der Waals surface area (Å²) in [4.78, 5) is 26.3. The number of amides is 1. The van der Waals surface area contributed by atoms with Crippen molar-refractivity contribution < 1.29 is 4.79 Å². The molecule has 9 heteroatoms. The maximum Gasteiger partial charge on any atom is 0.263 e. The maximum atomic E-state index is 13.1. The van der Waals surface area contributed by atoms with E-state index in [0.717, 1.165) is 31.1 Å². The number of hydrogen-bond acceptors (Lipinski definition) is 6. The molecular weight excluding hydrogens is 489 g/mol. The Morgan fingerprint density at radius 3 is 2.74 bits per heavy atom. The highest BCUT2D eigenvalue weighted by Crippen LogP contribution is 2.39. The summed E-state index contributed by atoms with van der Waals surface area (Å²) in [6.45, 7) is 3.39. The van der Waals surface area contributed by atoms with E-state index in [9.17, 15) is 4.79 Å². The number of thioether (sulfide) groups is 1. The predicted molar refractivity (Wildman–Crippen MR) is 137 cm³/mol. The zero-order valence-corrected chi connectivity index (χ0v) is 20.8. The summed E-state index contributed by atoms with van der Waals surface area (Å²) in [6.07, 6.45) is 5.42. The highest BCUT2D eigenvalue weighted by Gasteiger charge is 2.31. The number of hydrogen-bond donors (Lipinski definition) is 1. The van der Waals surface area contributed by atoms with E-state index in [1.807, 2.05) is 0 Å². The average molecular weight is 512 g/mol. The van der Waals surface area contributed by atoms with Crippen molar-refractivity contribution in [2.45, 2.75) is 30.8 Å². The van der Waals surface area contributed by atoms with E-state index in [4.69, 9.17) is 23.2 Å². The molecule has 1 N–H and O–H groups in total. The van der Waals surface area contributed by atoms with Gasteiger partial charge in [0.15, 0.2) is 0 Å². The summed E-state index contributed by atoms with van der Waals surface area (Å²) in [5, 5.41) is 4.84. The van der Waals surface area contributed by atoms with Gasteiger partial charge in [-0.1, -0.05) is 47.1 Å². The molecule has 3 heterocycles. The van der Waals surface area contributed by atoms with Gasteiger partial charge in [-0.05, 0) is 60.6 Å². The highest BCUT2D eigenvalue weighted by molar-refractivity contribution is 7.99. The van der Waals surface area contributed by atoms with Crippen molar-refractivity contribution in [3.05, 3.63) is 69.3 Å². The molecule has 1 saturated carbocycles. The molecule has 34 heavy (non-hydrogen) atoms. The molecule has 0 unspecified atom stereocenters. The first-order valence-corrected chi connectivity index (χ1v) is 13.2. The molecule has 3 aromatic rings. The Balaban J connectivity index is 1.18. The standard InChI is InChI=1S/C25H23Cl2N5OS/c26-20-2-1-3-21(27)22(20)32-14-34-23-19(24(32)33)11-28-25(30-23)29-18-7-6-17-13-31(12-15-4-5-15)9-8-16(17)10-18/h1-3,6-7,10-11,15H,4-5,8-9,12-14H2,(H,28,29,30). The van der Waals surface area contributed by atoms with Crippen LogP contribution in [0.5, 0.6) is 0 Å². The first-order chi connectivity index (χ1) is 16.5. The largest absolute Gasteiger partial charge is 0.324 e. The predicted octanol–water partition coefficient (Wildman–Crippen LogP) is 6.01. The molecule has 3 aliphatic rings. The van der Waals surface area contributed by atoms with Gasteiger partial charge in [-0.2, -0.15) is 0 Å². The lowest BCUT2D eigenvalue weighted by atomic mass is 9.99. The molecule has 6 rings (SSSR count). The molecule has 0 atom stereocenters. The summed E-state index contributed by atoms with van der Waals surface area (Å²) < 4.78 is 0. The zero-order valence-electron chi connectivity index (χ0n) is 18.4. The fourth-order valence-corrected chi connectivity index (χ4v) is 6.11. The number of carbonyl (C=O) groups excluding carboxylic acids is 1. The molecule has 0 bridgehead atoms. The third-order valence-electron chi connectivity index (χ3n) is 6.53. The Labute approximate surface area is 212 Å². The minimum atomic E-state index is -0.208. The van der Waals surface area contributed by atoms with Crippen molar-refractivity contribution in [2.75, 3.05) is 29.2 Å². The second-order valence-corrected chi connectivity index (χ2v) is 10.8. The molecule has 6 nitrogen and oxygen atoms in total. The van der Waals surface area contributed by atoms with Crippen LogP contribution in [0.4, 0.5) is 17.3 Å². The topological polar surface area (TPSA) is 61.4 Å². The molecule has 2 aliphatic heterocycles. The molecule has 1 fully saturated rings. The molecular formula is C25H23Cl2N5OS. The molecule has 1 aliphatic carbocycles. The Morgan fingerprint density at radius 2 is 1.94 bits per heavy atom. The number of carbonyl (C=O) groups is 1. The van der Waals surface area contributed by atoms with E-state index >= 15 is 0 Å². The van der Waals surface area contributed by atoms with Gasteiger partial charge < -0.3 is 5.32 Å². The fourth-order valence-electron chi connectivity index (χ4n) is 4.57. The molecule has 1 amide bonds. The number of benzene rings is 2. The van der Waals surface area contributed by atoms with Crippen LogP contribution >= 0.6 is 35.0 Å². The van der Waals surface area contributed by atoms with Crippen LogP contribution in [0, 0.1) is 5.92 Å². The first kappa shape index (κ1) is 22.2. The maximum absolute atomic E-state index is 13.1. The number of nitrogens with one attached hydrogen (secondary N) is 1. The van der Waals surface area contributed by atoms with E-state index in [0.29, 0.717) is 38.1 Å². The summed E-state index contributed by atoms with van der Waals surface area (Å²) >= 11 is 14.1. The third-order valence-corrected chi connectivity index (χ3v) is 8.12. The average Bonchev–Trinajstić information content (AvgIpc) is 3.64. The molecule has 1 aromatic heterocycles. The lowest BCUT2D eigenvalue weighted by Gasteiger charge is -2.29. The quantitative estimate of drug-likeness (QED) is 0.423. The van der Waals surface area contributed by atoms with Crippen molar-refractivity contribution in [1.29, 1.82) is 0 Å². The highest BCUT2D eigenvalue weighted by atomic mass is 35.5. The Hall–Kier alpha value is -2.32. The van der Waals surface area contributed by atoms with Crippen LogP contribution in [0.2, 0.25) is 10.0 Å². The van der Waals surface area contributed by atoms with Gasteiger partial charge in [0.1, 0.15) is 5.03 Å². The lowest BCUT2D eigenvalue weighted by Crippen LogP contribution is -2.35. The SMILES string of the molecule is O=C1c2cnc(Nc3ccc4c(c3)CCN(CC3CC3)C4)nc2SCN1c1c(Cl)cccc1Cl. The van der Waals surface area contributed by atoms with Crippen LogP contribution in [0.3, 0.4) is 0 Å². The van der Waals surface area contributed by atoms with Gasteiger partial charge >= 0.3 is 0 Å². The number of aromatic nitrogens is 2. The number of nitrogens with zero attached hydrogens (tertiary/aromatic N) is 4. The monoisotopic (exact) mass is 511 g/mol. The van der Waals surface area contributed by atoms with Crippen molar-refractivity contribution in [3.63, 3.8) is 0 Å². The normalized spacial score (nSPS) is 17.9. The minimum Gasteiger partial charge on any atom is -0.324 e.